The summed E-state index contributed by atoms with van der Waals surface area (Å²) in [5.74, 6) is 0.794. The van der Waals surface area contributed by atoms with E-state index in [2.05, 4.69) is 51.7 Å². The molecule has 110 valence electrons. The third kappa shape index (κ3) is 3.04. The van der Waals surface area contributed by atoms with Crippen molar-refractivity contribution in [2.45, 2.75) is 57.5 Å². The Kier molecular flexibility index (Phi) is 4.67. The minimum Gasteiger partial charge on any atom is -0.381 e. The molecule has 2 fully saturated rings. The van der Waals surface area contributed by atoms with Gasteiger partial charge in [-0.05, 0) is 72.6 Å². The summed E-state index contributed by atoms with van der Waals surface area (Å²) in [6.45, 7) is 3.37. The van der Waals surface area contributed by atoms with Crippen LogP contribution in [0.15, 0.2) is 22.7 Å². The van der Waals surface area contributed by atoms with Crippen molar-refractivity contribution in [1.29, 1.82) is 0 Å². The Hall–Kier alpha value is -0.540. The van der Waals surface area contributed by atoms with Gasteiger partial charge >= 0.3 is 0 Å². The highest BCUT2D eigenvalue weighted by Crippen LogP contribution is 2.35. The molecule has 0 bridgehead atoms. The van der Waals surface area contributed by atoms with Crippen molar-refractivity contribution in [3.05, 3.63) is 28.2 Å². The molecule has 1 aromatic rings. The summed E-state index contributed by atoms with van der Waals surface area (Å²) in [4.78, 5) is 0. The molecule has 3 unspecified atom stereocenters. The van der Waals surface area contributed by atoms with Crippen LogP contribution < -0.4 is 10.6 Å². The standard InChI is InChI=1S/C17H25BrN2/c1-12-6-4-10-16(17(12)18)20-15-9-5-7-13(15)14-8-2-3-11-19-14/h4,6,10,13-15,19-20H,2-3,5,7-9,11H2,1H3. The molecule has 1 aromatic carbocycles. The molecule has 1 heterocycles. The fourth-order valence-corrected chi connectivity index (χ4v) is 4.23. The lowest BCUT2D eigenvalue weighted by Crippen LogP contribution is -2.44. The SMILES string of the molecule is Cc1cccc(NC2CCCC2C2CCCCN2)c1Br. The topological polar surface area (TPSA) is 24.1 Å². The second-order valence-electron chi connectivity index (χ2n) is 6.34. The van der Waals surface area contributed by atoms with Crippen LogP contribution in [-0.4, -0.2) is 18.6 Å². The zero-order chi connectivity index (χ0) is 13.9. The predicted octanol–water partition coefficient (Wildman–Crippen LogP) is 4.48. The Labute approximate surface area is 130 Å². The Morgan fingerprint density at radius 1 is 1.15 bits per heavy atom. The van der Waals surface area contributed by atoms with E-state index in [9.17, 15) is 0 Å². The van der Waals surface area contributed by atoms with Crippen LogP contribution in [0.25, 0.3) is 0 Å². The molecule has 3 rings (SSSR count). The summed E-state index contributed by atoms with van der Waals surface area (Å²) < 4.78 is 1.22. The van der Waals surface area contributed by atoms with E-state index in [1.54, 1.807) is 0 Å². The van der Waals surface area contributed by atoms with Crippen LogP contribution in [0.3, 0.4) is 0 Å². The highest BCUT2D eigenvalue weighted by molar-refractivity contribution is 9.10. The second kappa shape index (κ2) is 6.48. The average Bonchev–Trinajstić information content (AvgIpc) is 2.93. The molecule has 2 nitrogen and oxygen atoms in total. The van der Waals surface area contributed by atoms with Crippen molar-refractivity contribution < 1.29 is 0 Å². The molecule has 2 aliphatic rings. The first kappa shape index (κ1) is 14.4. The quantitative estimate of drug-likeness (QED) is 0.850. The third-order valence-electron chi connectivity index (χ3n) is 4.97. The molecule has 0 radical (unpaired) electrons. The third-order valence-corrected chi connectivity index (χ3v) is 6.02. The van der Waals surface area contributed by atoms with E-state index < -0.39 is 0 Å². The summed E-state index contributed by atoms with van der Waals surface area (Å²) in [6, 6.07) is 7.85. The molecule has 20 heavy (non-hydrogen) atoms. The highest BCUT2D eigenvalue weighted by atomic mass is 79.9. The number of benzene rings is 1. The molecule has 1 saturated carbocycles. The van der Waals surface area contributed by atoms with Gasteiger partial charge in [0.1, 0.15) is 0 Å². The normalized spacial score (nSPS) is 30.4. The molecule has 0 aromatic heterocycles. The highest BCUT2D eigenvalue weighted by Gasteiger charge is 2.34. The van der Waals surface area contributed by atoms with Crippen molar-refractivity contribution in [3.63, 3.8) is 0 Å². The molecular formula is C17H25BrN2. The predicted molar refractivity (Wildman–Crippen MR) is 89.3 cm³/mol. The largest absolute Gasteiger partial charge is 0.381 e. The van der Waals surface area contributed by atoms with Gasteiger partial charge < -0.3 is 10.6 Å². The summed E-state index contributed by atoms with van der Waals surface area (Å²) in [7, 11) is 0. The van der Waals surface area contributed by atoms with Gasteiger partial charge in [0.25, 0.3) is 0 Å². The molecule has 0 spiro atoms. The van der Waals surface area contributed by atoms with E-state index in [1.807, 2.05) is 0 Å². The average molecular weight is 337 g/mol. The lowest BCUT2D eigenvalue weighted by Gasteiger charge is -2.33. The fourth-order valence-electron chi connectivity index (χ4n) is 3.85. The van der Waals surface area contributed by atoms with Gasteiger partial charge in [-0.2, -0.15) is 0 Å². The zero-order valence-electron chi connectivity index (χ0n) is 12.3. The van der Waals surface area contributed by atoms with Gasteiger partial charge in [0.2, 0.25) is 0 Å². The number of nitrogens with one attached hydrogen (secondary N) is 2. The first-order valence-corrected chi connectivity index (χ1v) is 8.80. The number of rotatable bonds is 3. The van der Waals surface area contributed by atoms with Crippen LogP contribution in [0, 0.1) is 12.8 Å². The Morgan fingerprint density at radius 2 is 2.05 bits per heavy atom. The van der Waals surface area contributed by atoms with Crippen LogP contribution in [0.4, 0.5) is 5.69 Å². The van der Waals surface area contributed by atoms with Gasteiger partial charge in [-0.25, -0.2) is 0 Å². The minimum absolute atomic E-state index is 0.628. The molecule has 3 heteroatoms. The maximum absolute atomic E-state index is 3.81. The molecular weight excluding hydrogens is 312 g/mol. The minimum atomic E-state index is 0.628. The number of hydrogen-bond donors (Lipinski definition) is 2. The van der Waals surface area contributed by atoms with Crippen molar-refractivity contribution in [2.75, 3.05) is 11.9 Å². The monoisotopic (exact) mass is 336 g/mol. The zero-order valence-corrected chi connectivity index (χ0v) is 13.9. The Morgan fingerprint density at radius 3 is 2.85 bits per heavy atom. The summed E-state index contributed by atoms with van der Waals surface area (Å²) in [5, 5.41) is 7.56. The van der Waals surface area contributed by atoms with Gasteiger partial charge in [-0.3, -0.25) is 0 Å². The lowest BCUT2D eigenvalue weighted by atomic mass is 9.88. The number of piperidine rings is 1. The number of aryl methyl sites for hydroxylation is 1. The number of hydrogen-bond acceptors (Lipinski definition) is 2. The van der Waals surface area contributed by atoms with Gasteiger partial charge in [0.15, 0.2) is 0 Å². The maximum Gasteiger partial charge on any atom is 0.0489 e. The lowest BCUT2D eigenvalue weighted by molar-refractivity contribution is 0.286. The van der Waals surface area contributed by atoms with E-state index in [4.69, 9.17) is 0 Å². The second-order valence-corrected chi connectivity index (χ2v) is 7.13. The van der Waals surface area contributed by atoms with Crippen LogP contribution >= 0.6 is 15.9 Å². The first-order chi connectivity index (χ1) is 9.75. The first-order valence-electron chi connectivity index (χ1n) is 8.01. The Balaban J connectivity index is 1.70. The fraction of sp³-hybridized carbons (Fsp3) is 0.647. The summed E-state index contributed by atoms with van der Waals surface area (Å²) in [5.41, 5.74) is 2.57. The molecule has 1 aliphatic carbocycles. The van der Waals surface area contributed by atoms with Gasteiger partial charge in [-0.1, -0.05) is 25.0 Å². The van der Waals surface area contributed by atoms with E-state index in [0.717, 1.165) is 12.0 Å². The maximum atomic E-state index is 3.81. The van der Waals surface area contributed by atoms with Crippen molar-refractivity contribution in [1.82, 2.24) is 5.32 Å². The molecule has 2 N–H and O–H groups in total. The van der Waals surface area contributed by atoms with Crippen molar-refractivity contribution >= 4 is 21.6 Å². The smallest absolute Gasteiger partial charge is 0.0489 e. The van der Waals surface area contributed by atoms with Crippen molar-refractivity contribution in [3.8, 4) is 0 Å². The Bertz CT molecular complexity index is 454. The van der Waals surface area contributed by atoms with Crippen molar-refractivity contribution in [2.24, 2.45) is 5.92 Å². The van der Waals surface area contributed by atoms with E-state index >= 15 is 0 Å². The molecule has 1 aliphatic heterocycles. The van der Waals surface area contributed by atoms with E-state index in [0.29, 0.717) is 6.04 Å². The van der Waals surface area contributed by atoms with Gasteiger partial charge in [0, 0.05) is 22.2 Å². The van der Waals surface area contributed by atoms with Gasteiger partial charge in [0.05, 0.1) is 0 Å². The summed E-state index contributed by atoms with van der Waals surface area (Å²) in [6.07, 6.45) is 8.16. The van der Waals surface area contributed by atoms with E-state index in [1.165, 1.54) is 60.8 Å². The van der Waals surface area contributed by atoms with Crippen LogP contribution in [0.2, 0.25) is 0 Å². The summed E-state index contributed by atoms with van der Waals surface area (Å²) >= 11 is 3.73. The van der Waals surface area contributed by atoms with Crippen LogP contribution in [0.1, 0.15) is 44.1 Å². The van der Waals surface area contributed by atoms with Gasteiger partial charge in [-0.15, -0.1) is 0 Å². The number of anilines is 1. The molecule has 0 amide bonds. The molecule has 3 atom stereocenters. The molecule has 1 saturated heterocycles. The number of halogens is 1. The van der Waals surface area contributed by atoms with E-state index in [-0.39, 0.29) is 0 Å². The van der Waals surface area contributed by atoms with Crippen LogP contribution in [-0.2, 0) is 0 Å². The van der Waals surface area contributed by atoms with Crippen LogP contribution in [0.5, 0.6) is 0 Å².